The molecule has 0 unspecified atom stereocenters. The van der Waals surface area contributed by atoms with Gasteiger partial charge in [-0.25, -0.2) is 4.98 Å². The second-order valence-corrected chi connectivity index (χ2v) is 8.62. The number of para-hydroxylation sites is 2. The van der Waals surface area contributed by atoms with Crippen LogP contribution in [0, 0.1) is 0 Å². The summed E-state index contributed by atoms with van der Waals surface area (Å²) in [6.45, 7) is 5.41. The zero-order valence-corrected chi connectivity index (χ0v) is 18.1. The largest absolute Gasteiger partial charge is 0.495 e. The molecule has 29 heavy (non-hydrogen) atoms. The third kappa shape index (κ3) is 4.92. The number of hydrogen-bond acceptors (Lipinski definition) is 6. The fourth-order valence-electron chi connectivity index (χ4n) is 2.76. The van der Waals surface area contributed by atoms with Crippen molar-refractivity contribution in [2.24, 2.45) is 0 Å². The summed E-state index contributed by atoms with van der Waals surface area (Å²) in [5.41, 5.74) is 0.129. The van der Waals surface area contributed by atoms with Gasteiger partial charge in [-0.2, -0.15) is 0 Å². The van der Waals surface area contributed by atoms with E-state index in [1.165, 1.54) is 11.7 Å². The molecule has 0 atom stereocenters. The first-order valence-electron chi connectivity index (χ1n) is 8.90. The number of fused-ring (bicyclic) bond motifs is 1. The van der Waals surface area contributed by atoms with Gasteiger partial charge in [0.2, 0.25) is 0 Å². The molecule has 152 valence electrons. The van der Waals surface area contributed by atoms with Gasteiger partial charge in [-0.3, -0.25) is 14.2 Å². The van der Waals surface area contributed by atoms with Crippen LogP contribution in [0.1, 0.15) is 20.8 Å². The number of rotatable bonds is 5. The van der Waals surface area contributed by atoms with Crippen molar-refractivity contribution in [2.45, 2.75) is 31.5 Å². The van der Waals surface area contributed by atoms with Gasteiger partial charge in [0, 0.05) is 5.02 Å². The van der Waals surface area contributed by atoms with Crippen LogP contribution in [0.4, 0.5) is 0 Å². The van der Waals surface area contributed by atoms with E-state index in [-0.39, 0.29) is 11.3 Å². The van der Waals surface area contributed by atoms with Gasteiger partial charge >= 0.3 is 5.97 Å². The molecule has 0 aliphatic heterocycles. The van der Waals surface area contributed by atoms with Gasteiger partial charge < -0.3 is 9.47 Å². The number of ether oxygens (including phenoxy) is 2. The van der Waals surface area contributed by atoms with Crippen molar-refractivity contribution < 1.29 is 14.3 Å². The number of benzene rings is 2. The predicted octanol–water partition coefficient (Wildman–Crippen LogP) is 4.48. The predicted molar refractivity (Wildman–Crippen MR) is 115 cm³/mol. The van der Waals surface area contributed by atoms with Gasteiger partial charge in [-0.15, -0.1) is 0 Å². The van der Waals surface area contributed by atoms with Crippen LogP contribution in [0.25, 0.3) is 16.6 Å². The molecule has 0 spiro atoms. The summed E-state index contributed by atoms with van der Waals surface area (Å²) in [6.07, 6.45) is 0. The molecule has 6 nitrogen and oxygen atoms in total. The van der Waals surface area contributed by atoms with Gasteiger partial charge in [-0.05, 0) is 51.1 Å². The molecule has 0 bridgehead atoms. The summed E-state index contributed by atoms with van der Waals surface area (Å²) in [7, 11) is 1.53. The fourth-order valence-corrected chi connectivity index (χ4v) is 3.70. The minimum atomic E-state index is -0.593. The van der Waals surface area contributed by atoms with Crippen LogP contribution in [-0.2, 0) is 9.53 Å². The Hall–Kier alpha value is -2.51. The molecule has 0 N–H and O–H groups in total. The van der Waals surface area contributed by atoms with Crippen molar-refractivity contribution in [3.05, 3.63) is 57.8 Å². The highest BCUT2D eigenvalue weighted by Gasteiger charge is 2.20. The van der Waals surface area contributed by atoms with Gasteiger partial charge in [0.05, 0.1) is 29.5 Å². The van der Waals surface area contributed by atoms with Crippen molar-refractivity contribution in [3.63, 3.8) is 0 Å². The summed E-state index contributed by atoms with van der Waals surface area (Å²) >= 11 is 7.20. The van der Waals surface area contributed by atoms with Crippen LogP contribution in [0.5, 0.6) is 5.75 Å². The quantitative estimate of drug-likeness (QED) is 0.336. The minimum Gasteiger partial charge on any atom is -0.495 e. The maximum absolute atomic E-state index is 13.3. The van der Waals surface area contributed by atoms with E-state index in [0.29, 0.717) is 32.5 Å². The summed E-state index contributed by atoms with van der Waals surface area (Å²) < 4.78 is 12.2. The molecule has 0 aliphatic rings. The molecule has 3 aromatic rings. The number of esters is 1. The second kappa shape index (κ2) is 8.47. The third-order valence-electron chi connectivity index (χ3n) is 3.87. The Labute approximate surface area is 177 Å². The zero-order chi connectivity index (χ0) is 21.2. The van der Waals surface area contributed by atoms with E-state index in [1.54, 1.807) is 57.2 Å². The number of halogens is 1. The lowest BCUT2D eigenvalue weighted by Crippen LogP contribution is -2.26. The Morgan fingerprint density at radius 3 is 2.62 bits per heavy atom. The van der Waals surface area contributed by atoms with Crippen molar-refractivity contribution in [2.75, 3.05) is 12.9 Å². The molecule has 0 aliphatic carbocycles. The van der Waals surface area contributed by atoms with Gasteiger partial charge in [0.15, 0.2) is 5.16 Å². The lowest BCUT2D eigenvalue weighted by molar-refractivity contribution is -0.151. The summed E-state index contributed by atoms with van der Waals surface area (Å²) in [5.74, 6) is 0.128. The first kappa shape index (κ1) is 21.2. The molecule has 1 aromatic heterocycles. The van der Waals surface area contributed by atoms with Crippen LogP contribution in [0.3, 0.4) is 0 Å². The normalized spacial score (nSPS) is 11.5. The maximum Gasteiger partial charge on any atom is 0.316 e. The topological polar surface area (TPSA) is 70.4 Å². The molecule has 2 aromatic carbocycles. The van der Waals surface area contributed by atoms with E-state index in [9.17, 15) is 9.59 Å². The SMILES string of the molecule is COc1ccccc1-n1c(SCC(=O)OC(C)(C)C)nc2cc(Cl)ccc2c1=O. The third-order valence-corrected chi connectivity index (χ3v) is 5.01. The van der Waals surface area contributed by atoms with Crippen LogP contribution in [0.2, 0.25) is 5.02 Å². The number of carbonyl (C=O) groups excluding carboxylic acids is 1. The average Bonchev–Trinajstić information content (AvgIpc) is 2.65. The van der Waals surface area contributed by atoms with Crippen molar-refractivity contribution in [3.8, 4) is 11.4 Å². The Morgan fingerprint density at radius 2 is 1.93 bits per heavy atom. The monoisotopic (exact) mass is 432 g/mol. The standard InChI is InChI=1S/C21H21ClN2O4S/c1-21(2,3)28-18(25)12-29-20-23-15-11-13(22)9-10-14(15)19(26)24(20)16-7-5-6-8-17(16)27-4/h5-11H,12H2,1-4H3. The number of aromatic nitrogens is 2. The molecule has 3 rings (SSSR count). The first-order valence-corrected chi connectivity index (χ1v) is 10.3. The summed E-state index contributed by atoms with van der Waals surface area (Å²) in [5, 5.41) is 1.24. The number of hydrogen-bond donors (Lipinski definition) is 0. The number of thioether (sulfide) groups is 1. The van der Waals surface area contributed by atoms with Crippen LogP contribution >= 0.6 is 23.4 Å². The van der Waals surface area contributed by atoms with Crippen LogP contribution < -0.4 is 10.3 Å². The van der Waals surface area contributed by atoms with Gasteiger partial charge in [0.1, 0.15) is 11.4 Å². The number of methoxy groups -OCH3 is 1. The van der Waals surface area contributed by atoms with Gasteiger partial charge in [0.25, 0.3) is 5.56 Å². The van der Waals surface area contributed by atoms with Gasteiger partial charge in [-0.1, -0.05) is 35.5 Å². The highest BCUT2D eigenvalue weighted by molar-refractivity contribution is 7.99. The highest BCUT2D eigenvalue weighted by atomic mass is 35.5. The molecule has 0 fully saturated rings. The van der Waals surface area contributed by atoms with Crippen molar-refractivity contribution >= 4 is 40.2 Å². The van der Waals surface area contributed by atoms with Crippen LogP contribution in [0.15, 0.2) is 52.4 Å². The number of carbonyl (C=O) groups is 1. The van der Waals surface area contributed by atoms with E-state index in [0.717, 1.165) is 11.8 Å². The summed E-state index contributed by atoms with van der Waals surface area (Å²) in [4.78, 5) is 30.1. The second-order valence-electron chi connectivity index (χ2n) is 7.24. The summed E-state index contributed by atoms with van der Waals surface area (Å²) in [6, 6.07) is 12.1. The number of nitrogens with zero attached hydrogens (tertiary/aromatic N) is 2. The Balaban J connectivity index is 2.13. The Morgan fingerprint density at radius 1 is 1.21 bits per heavy atom. The van der Waals surface area contributed by atoms with E-state index in [2.05, 4.69) is 4.98 Å². The molecule has 0 saturated heterocycles. The molecular weight excluding hydrogens is 412 g/mol. The molecule has 0 saturated carbocycles. The van der Waals surface area contributed by atoms with E-state index < -0.39 is 11.6 Å². The molecule has 8 heteroatoms. The maximum atomic E-state index is 13.3. The van der Waals surface area contributed by atoms with Crippen molar-refractivity contribution in [1.82, 2.24) is 9.55 Å². The molecule has 1 heterocycles. The smallest absolute Gasteiger partial charge is 0.316 e. The highest BCUT2D eigenvalue weighted by Crippen LogP contribution is 2.28. The lowest BCUT2D eigenvalue weighted by atomic mass is 10.2. The van der Waals surface area contributed by atoms with E-state index >= 15 is 0 Å². The minimum absolute atomic E-state index is 0.00489. The fraction of sp³-hybridized carbons (Fsp3) is 0.286. The zero-order valence-electron chi connectivity index (χ0n) is 16.6. The van der Waals surface area contributed by atoms with Crippen molar-refractivity contribution in [1.29, 1.82) is 0 Å². The lowest BCUT2D eigenvalue weighted by Gasteiger charge is -2.20. The molecule has 0 amide bonds. The first-order chi connectivity index (χ1) is 13.7. The van der Waals surface area contributed by atoms with E-state index in [4.69, 9.17) is 21.1 Å². The van der Waals surface area contributed by atoms with Crippen LogP contribution in [-0.4, -0.2) is 34.0 Å². The van der Waals surface area contributed by atoms with E-state index in [1.807, 2.05) is 6.07 Å². The molecule has 0 radical (unpaired) electrons. The Bertz CT molecular complexity index is 1120. The average molecular weight is 433 g/mol. The molecular formula is C21H21ClN2O4S. The Kier molecular flexibility index (Phi) is 6.19.